The van der Waals surface area contributed by atoms with E-state index in [0.717, 1.165) is 0 Å². The Morgan fingerprint density at radius 3 is 2.73 bits per heavy atom. The molecule has 0 aromatic rings. The highest BCUT2D eigenvalue weighted by atomic mass is 16.4. The van der Waals surface area contributed by atoms with E-state index in [1.807, 2.05) is 0 Å². The highest BCUT2D eigenvalue weighted by Crippen LogP contribution is 1.74. The quantitative estimate of drug-likeness (QED) is 0.577. The maximum absolute atomic E-state index is 9.96. The van der Waals surface area contributed by atoms with Crippen LogP contribution in [-0.2, 0) is 4.79 Å². The van der Waals surface area contributed by atoms with Gasteiger partial charge in [-0.05, 0) is 12.3 Å². The van der Waals surface area contributed by atoms with E-state index >= 15 is 0 Å². The van der Waals surface area contributed by atoms with Crippen molar-refractivity contribution in [1.29, 1.82) is 0 Å². The average molecular weight is 153 g/mol. The van der Waals surface area contributed by atoms with Crippen LogP contribution < -0.4 is 5.32 Å². The van der Waals surface area contributed by atoms with E-state index < -0.39 is 5.97 Å². The molecule has 0 fully saturated rings. The monoisotopic (exact) mass is 153 g/mol. The molecule has 0 bridgehead atoms. The third kappa shape index (κ3) is 8.49. The molecule has 0 aromatic heterocycles. The fourth-order valence-electron chi connectivity index (χ4n) is 0.413. The third-order valence-corrected chi connectivity index (χ3v) is 0.826. The summed E-state index contributed by atoms with van der Waals surface area (Å²) in [5.74, 6) is -0.873. The molecule has 0 spiro atoms. The lowest BCUT2D eigenvalue weighted by atomic mass is 10.5. The highest BCUT2D eigenvalue weighted by Gasteiger charge is 1.88. The van der Waals surface area contributed by atoms with E-state index in [2.05, 4.69) is 11.9 Å². The van der Waals surface area contributed by atoms with E-state index in [1.165, 1.54) is 0 Å². The first kappa shape index (κ1) is 9.49. The Morgan fingerprint density at radius 1 is 1.45 bits per heavy atom. The van der Waals surface area contributed by atoms with Gasteiger partial charge in [-0.15, -0.1) is 0 Å². The Kier molecular flexibility index (Phi) is 5.70. The van der Waals surface area contributed by atoms with Crippen LogP contribution in [0.5, 0.6) is 0 Å². The van der Waals surface area contributed by atoms with Gasteiger partial charge in [0.05, 0.1) is 0 Å². The summed E-state index contributed by atoms with van der Waals surface area (Å²) in [4.78, 5) is 9.96. The Bertz CT molecular complexity index is 183. The molecule has 0 atom stereocenters. The molecule has 0 saturated heterocycles. The van der Waals surface area contributed by atoms with Crippen LogP contribution in [0.2, 0.25) is 0 Å². The van der Waals surface area contributed by atoms with Crippen molar-refractivity contribution in [3.05, 3.63) is 37.1 Å². The molecule has 60 valence electrons. The second-order valence-corrected chi connectivity index (χ2v) is 1.75. The van der Waals surface area contributed by atoms with Gasteiger partial charge in [-0.2, -0.15) is 0 Å². The van der Waals surface area contributed by atoms with Crippen LogP contribution in [0.15, 0.2) is 37.1 Å². The summed E-state index contributed by atoms with van der Waals surface area (Å²) in [6.07, 6.45) is 8.40. The molecule has 0 amide bonds. The van der Waals surface area contributed by atoms with Crippen molar-refractivity contribution in [2.24, 2.45) is 0 Å². The minimum absolute atomic E-state index is 0.0571. The van der Waals surface area contributed by atoms with Crippen molar-refractivity contribution in [3.63, 3.8) is 0 Å². The van der Waals surface area contributed by atoms with Gasteiger partial charge in [0.15, 0.2) is 0 Å². The molecule has 3 nitrogen and oxygen atoms in total. The highest BCUT2D eigenvalue weighted by molar-refractivity contribution is 5.69. The average Bonchev–Trinajstić information content (AvgIpc) is 1.96. The molecule has 0 rings (SSSR count). The number of rotatable bonds is 5. The molecule has 0 radical (unpaired) electrons. The summed E-state index contributed by atoms with van der Waals surface area (Å²) >= 11 is 0. The normalized spacial score (nSPS) is 10.5. The fourth-order valence-corrected chi connectivity index (χ4v) is 0.413. The summed E-state index contributed by atoms with van der Waals surface area (Å²) in [7, 11) is 0. The Labute approximate surface area is 65.7 Å². The molecule has 11 heavy (non-hydrogen) atoms. The van der Waals surface area contributed by atoms with Crippen molar-refractivity contribution in [1.82, 2.24) is 5.32 Å². The topological polar surface area (TPSA) is 49.3 Å². The zero-order valence-corrected chi connectivity index (χ0v) is 6.16. The summed E-state index contributed by atoms with van der Waals surface area (Å²) in [5.41, 5.74) is 0. The van der Waals surface area contributed by atoms with Crippen molar-refractivity contribution < 1.29 is 9.90 Å². The minimum Gasteiger partial charge on any atom is -0.480 e. The molecule has 0 heterocycles. The van der Waals surface area contributed by atoms with Gasteiger partial charge in [0.1, 0.15) is 6.54 Å². The summed E-state index contributed by atoms with van der Waals surface area (Å²) in [5, 5.41) is 10.8. The number of nitrogens with one attached hydrogen (secondary N) is 1. The first-order valence-electron chi connectivity index (χ1n) is 3.17. The van der Waals surface area contributed by atoms with Crippen molar-refractivity contribution in [3.8, 4) is 0 Å². The molecule has 3 heteroatoms. The summed E-state index contributed by atoms with van der Waals surface area (Å²) in [6.45, 7) is 3.41. The Morgan fingerprint density at radius 2 is 2.18 bits per heavy atom. The lowest BCUT2D eigenvalue weighted by Crippen LogP contribution is -2.16. The molecule has 0 aliphatic carbocycles. The molecule has 2 N–H and O–H groups in total. The third-order valence-electron chi connectivity index (χ3n) is 0.826. The predicted molar refractivity (Wildman–Crippen MR) is 44.1 cm³/mol. The van der Waals surface area contributed by atoms with Crippen molar-refractivity contribution in [2.75, 3.05) is 6.54 Å². The van der Waals surface area contributed by atoms with Crippen LogP contribution in [0.25, 0.3) is 0 Å². The summed E-state index contributed by atoms with van der Waals surface area (Å²) < 4.78 is 0. The number of carboxylic acid groups (broad SMARTS) is 1. The van der Waals surface area contributed by atoms with Gasteiger partial charge in [-0.25, -0.2) is 0 Å². The molecule has 0 saturated carbocycles. The lowest BCUT2D eigenvalue weighted by Gasteiger charge is -1.90. The lowest BCUT2D eigenvalue weighted by molar-refractivity contribution is -0.135. The van der Waals surface area contributed by atoms with Crippen LogP contribution in [-0.4, -0.2) is 17.6 Å². The van der Waals surface area contributed by atoms with Crippen LogP contribution >= 0.6 is 0 Å². The van der Waals surface area contributed by atoms with Crippen molar-refractivity contribution >= 4 is 5.97 Å². The Hall–Kier alpha value is -1.51. The molecular weight excluding hydrogens is 142 g/mol. The largest absolute Gasteiger partial charge is 0.480 e. The smallest absolute Gasteiger partial charge is 0.322 e. The van der Waals surface area contributed by atoms with Gasteiger partial charge in [-0.1, -0.05) is 24.8 Å². The van der Waals surface area contributed by atoms with Crippen LogP contribution in [0.3, 0.4) is 0 Å². The van der Waals surface area contributed by atoms with E-state index in [1.54, 1.807) is 30.5 Å². The van der Waals surface area contributed by atoms with Gasteiger partial charge in [0.2, 0.25) is 0 Å². The van der Waals surface area contributed by atoms with Gasteiger partial charge in [0.25, 0.3) is 0 Å². The first-order chi connectivity index (χ1) is 5.27. The van der Waals surface area contributed by atoms with Gasteiger partial charge in [-0.3, -0.25) is 4.79 Å². The SMILES string of the molecule is C=C/C=C\C=C/NCC(=O)O. The van der Waals surface area contributed by atoms with Crippen LogP contribution in [0, 0.1) is 0 Å². The van der Waals surface area contributed by atoms with Gasteiger partial charge in [0, 0.05) is 0 Å². The Balaban J connectivity index is 3.37. The van der Waals surface area contributed by atoms with Crippen LogP contribution in [0.4, 0.5) is 0 Å². The second-order valence-electron chi connectivity index (χ2n) is 1.75. The number of allylic oxidation sites excluding steroid dienone is 4. The maximum atomic E-state index is 9.96. The zero-order chi connectivity index (χ0) is 8.53. The number of hydrogen-bond donors (Lipinski definition) is 2. The molecule has 0 aliphatic rings. The first-order valence-corrected chi connectivity index (χ1v) is 3.17. The number of hydrogen-bond acceptors (Lipinski definition) is 2. The van der Waals surface area contributed by atoms with E-state index in [4.69, 9.17) is 5.11 Å². The van der Waals surface area contributed by atoms with Crippen LogP contribution in [0.1, 0.15) is 0 Å². The summed E-state index contributed by atoms with van der Waals surface area (Å²) in [6, 6.07) is 0. The van der Waals surface area contributed by atoms with Crippen molar-refractivity contribution in [2.45, 2.75) is 0 Å². The molecule has 0 unspecified atom stereocenters. The van der Waals surface area contributed by atoms with E-state index in [0.29, 0.717) is 0 Å². The number of aliphatic carboxylic acids is 1. The predicted octanol–water partition coefficient (Wildman–Crippen LogP) is 0.916. The van der Waals surface area contributed by atoms with Gasteiger partial charge >= 0.3 is 5.97 Å². The fraction of sp³-hybridized carbons (Fsp3) is 0.125. The zero-order valence-electron chi connectivity index (χ0n) is 6.16. The maximum Gasteiger partial charge on any atom is 0.322 e. The minimum atomic E-state index is -0.873. The molecular formula is C8H11NO2. The standard InChI is InChI=1S/C8H11NO2/c1-2-3-4-5-6-9-7-8(10)11/h2-6,9H,1,7H2,(H,10,11)/b4-3-,6-5-. The van der Waals surface area contributed by atoms with E-state index in [-0.39, 0.29) is 6.54 Å². The van der Waals surface area contributed by atoms with E-state index in [9.17, 15) is 4.79 Å². The second kappa shape index (κ2) is 6.61. The molecule has 0 aliphatic heterocycles. The number of carbonyl (C=O) groups is 1. The van der Waals surface area contributed by atoms with Gasteiger partial charge < -0.3 is 10.4 Å². The number of carboxylic acids is 1. The molecule has 0 aromatic carbocycles.